The monoisotopic (exact) mass is 424 g/mol. The molecule has 1 aromatic carbocycles. The number of pyridine rings is 2. The molecule has 0 saturated heterocycles. The maximum absolute atomic E-state index is 4.93. The normalized spacial score (nSPS) is 14.2. The summed E-state index contributed by atoms with van der Waals surface area (Å²) in [6, 6.07) is 14.3. The van der Waals surface area contributed by atoms with E-state index in [4.69, 9.17) is 19.9 Å². The molecule has 2 aliphatic carbocycles. The van der Waals surface area contributed by atoms with Crippen LogP contribution in [-0.2, 0) is 6.42 Å². The number of allylic oxidation sites excluding steroid dienone is 5. The van der Waals surface area contributed by atoms with Crippen molar-refractivity contribution in [3.8, 4) is 22.8 Å². The summed E-state index contributed by atoms with van der Waals surface area (Å²) in [6.45, 7) is 2.00. The van der Waals surface area contributed by atoms with Gasteiger partial charge in [-0.3, -0.25) is 9.97 Å². The molecule has 0 fully saturated rings. The van der Waals surface area contributed by atoms with Gasteiger partial charge < -0.3 is 0 Å². The van der Waals surface area contributed by atoms with E-state index in [0.717, 1.165) is 63.1 Å². The molecule has 2 aliphatic rings. The minimum Gasteiger partial charge on any atom is -0.254 e. The molecule has 6 rings (SSSR count). The van der Waals surface area contributed by atoms with E-state index in [1.165, 1.54) is 5.56 Å². The third kappa shape index (κ3) is 3.54. The van der Waals surface area contributed by atoms with Crippen molar-refractivity contribution in [1.82, 2.24) is 19.9 Å². The van der Waals surface area contributed by atoms with Gasteiger partial charge in [-0.2, -0.15) is 0 Å². The Morgan fingerprint density at radius 1 is 0.818 bits per heavy atom. The Kier molecular flexibility index (Phi) is 4.66. The molecule has 0 bridgehead atoms. The fourth-order valence-electron chi connectivity index (χ4n) is 4.28. The van der Waals surface area contributed by atoms with Gasteiger partial charge in [0.2, 0.25) is 0 Å². The van der Waals surface area contributed by atoms with E-state index in [0.29, 0.717) is 5.82 Å². The first-order valence-electron chi connectivity index (χ1n) is 11.1. The average molecular weight is 425 g/mol. The van der Waals surface area contributed by atoms with Gasteiger partial charge in [-0.15, -0.1) is 0 Å². The standard InChI is InChI=1S/C29H20N4/c1-19-10-12-22(13-11-19)29-32-25(27-23-8-4-2-6-20(23)14-16-30-27)18-26(33-29)28-24-9-5-3-7-21(24)15-17-31-28/h2,4-6,8-10,12,14-18H,3,7H2,1H3. The van der Waals surface area contributed by atoms with Crippen LogP contribution >= 0.6 is 0 Å². The van der Waals surface area contributed by atoms with Crippen molar-refractivity contribution in [3.05, 3.63) is 107 Å². The molecule has 156 valence electrons. The maximum atomic E-state index is 4.93. The molecule has 4 heteroatoms. The Hall–Kier alpha value is -4.36. The van der Waals surface area contributed by atoms with Crippen molar-refractivity contribution >= 4 is 22.4 Å². The van der Waals surface area contributed by atoms with Crippen molar-refractivity contribution in [3.63, 3.8) is 0 Å². The molecule has 0 N–H and O–H groups in total. The summed E-state index contributed by atoms with van der Waals surface area (Å²) in [6.07, 6.45) is 14.1. The van der Waals surface area contributed by atoms with Gasteiger partial charge in [0.05, 0.1) is 28.3 Å². The van der Waals surface area contributed by atoms with E-state index < -0.39 is 0 Å². The van der Waals surface area contributed by atoms with Crippen molar-refractivity contribution in [2.45, 2.75) is 19.8 Å². The predicted molar refractivity (Wildman–Crippen MR) is 132 cm³/mol. The molecule has 0 amide bonds. The van der Waals surface area contributed by atoms with Gasteiger partial charge >= 0.3 is 0 Å². The van der Waals surface area contributed by atoms with Gasteiger partial charge in [-0.25, -0.2) is 9.97 Å². The van der Waals surface area contributed by atoms with Gasteiger partial charge in [0, 0.05) is 23.3 Å². The van der Waals surface area contributed by atoms with Crippen LogP contribution in [0.25, 0.3) is 45.2 Å². The second-order valence-electron chi connectivity index (χ2n) is 8.20. The molecule has 33 heavy (non-hydrogen) atoms. The van der Waals surface area contributed by atoms with Crippen LogP contribution in [0, 0.1) is 0 Å². The lowest BCUT2D eigenvalue weighted by molar-refractivity contribution is 0.976. The number of fused-ring (bicyclic) bond motifs is 2. The highest BCUT2D eigenvalue weighted by atomic mass is 14.9. The summed E-state index contributed by atoms with van der Waals surface area (Å²) in [4.78, 5) is 19.3. The summed E-state index contributed by atoms with van der Waals surface area (Å²) in [5, 5.41) is 2.18. The average Bonchev–Trinajstić information content (AvgIpc) is 2.88. The maximum Gasteiger partial charge on any atom is 0.169 e. The summed E-state index contributed by atoms with van der Waals surface area (Å²) in [7, 11) is 0. The van der Waals surface area contributed by atoms with Crippen LogP contribution in [0.4, 0.5) is 0 Å². The Balaban J connectivity index is 1.64. The van der Waals surface area contributed by atoms with Gasteiger partial charge in [-0.05, 0) is 66.6 Å². The predicted octanol–water partition coefficient (Wildman–Crippen LogP) is 6.37. The van der Waals surface area contributed by atoms with Crippen LogP contribution in [0.3, 0.4) is 0 Å². The highest BCUT2D eigenvalue weighted by Gasteiger charge is 2.18. The van der Waals surface area contributed by atoms with Crippen molar-refractivity contribution in [2.24, 2.45) is 0 Å². The van der Waals surface area contributed by atoms with Gasteiger partial charge in [0.1, 0.15) is 0 Å². The topological polar surface area (TPSA) is 51.6 Å². The molecule has 4 nitrogen and oxygen atoms in total. The number of nitrogens with zero attached hydrogens (tertiary/aromatic N) is 4. The number of aryl methyl sites for hydroxylation is 1. The first-order valence-corrected chi connectivity index (χ1v) is 11.1. The zero-order valence-corrected chi connectivity index (χ0v) is 18.2. The largest absolute Gasteiger partial charge is 0.254 e. The summed E-state index contributed by atoms with van der Waals surface area (Å²) in [5.41, 5.74) is 13.8. The number of rotatable bonds is 3. The molecule has 0 atom stereocenters. The number of hydrogen-bond donors (Lipinski definition) is 0. The third-order valence-corrected chi connectivity index (χ3v) is 5.97. The van der Waals surface area contributed by atoms with Crippen LogP contribution in [0.2, 0.25) is 0 Å². The smallest absolute Gasteiger partial charge is 0.169 e. The highest BCUT2D eigenvalue weighted by Crippen LogP contribution is 2.32. The summed E-state index contributed by atoms with van der Waals surface area (Å²) >= 11 is 0. The van der Waals surface area contributed by atoms with Crippen LogP contribution in [0.5, 0.6) is 0 Å². The minimum atomic E-state index is 0.590. The molecule has 4 aromatic rings. The molecule has 0 aliphatic heterocycles. The molecule has 3 aromatic heterocycles. The summed E-state index contributed by atoms with van der Waals surface area (Å²) in [5.74, 6) is 0.590. The Morgan fingerprint density at radius 2 is 1.64 bits per heavy atom. The quantitative estimate of drug-likeness (QED) is 0.359. The van der Waals surface area contributed by atoms with Crippen LogP contribution in [-0.4, -0.2) is 19.9 Å². The first kappa shape index (κ1) is 19.3. The SMILES string of the molecule is CC1=C=C=C(c2nc(-c3nccc4c3C=CCC4)cc(-c3nccc4ccccc34)n2)C=C1. The lowest BCUT2D eigenvalue weighted by Crippen LogP contribution is -2.04. The van der Waals surface area contributed by atoms with E-state index in [-0.39, 0.29) is 0 Å². The third-order valence-electron chi connectivity index (χ3n) is 5.97. The fraction of sp³-hybridized carbons (Fsp3) is 0.103. The zero-order valence-electron chi connectivity index (χ0n) is 18.2. The second kappa shape index (κ2) is 7.96. The van der Waals surface area contributed by atoms with Crippen LogP contribution in [0.15, 0.2) is 90.1 Å². The molecule has 0 saturated carbocycles. The van der Waals surface area contributed by atoms with E-state index in [1.807, 2.05) is 55.7 Å². The number of benzene rings is 1. The molecule has 0 unspecified atom stereocenters. The highest BCUT2D eigenvalue weighted by molar-refractivity contribution is 5.94. The lowest BCUT2D eigenvalue weighted by atomic mass is 9.95. The minimum absolute atomic E-state index is 0.590. The van der Waals surface area contributed by atoms with Crippen LogP contribution < -0.4 is 0 Å². The van der Waals surface area contributed by atoms with E-state index in [2.05, 4.69) is 41.8 Å². The lowest BCUT2D eigenvalue weighted by Gasteiger charge is -2.15. The zero-order chi connectivity index (χ0) is 22.2. The van der Waals surface area contributed by atoms with Gasteiger partial charge in [0.25, 0.3) is 0 Å². The van der Waals surface area contributed by atoms with E-state index in [1.54, 1.807) is 0 Å². The van der Waals surface area contributed by atoms with Crippen molar-refractivity contribution in [1.29, 1.82) is 0 Å². The molecule has 3 heterocycles. The Morgan fingerprint density at radius 3 is 2.52 bits per heavy atom. The van der Waals surface area contributed by atoms with Crippen molar-refractivity contribution in [2.75, 3.05) is 0 Å². The first-order chi connectivity index (χ1) is 16.3. The number of aromatic nitrogens is 4. The van der Waals surface area contributed by atoms with Crippen LogP contribution in [0.1, 0.15) is 30.3 Å². The fourth-order valence-corrected chi connectivity index (χ4v) is 4.28. The molecular formula is C29H20N4. The van der Waals surface area contributed by atoms with Gasteiger partial charge in [0.15, 0.2) is 5.82 Å². The number of hydrogen-bond acceptors (Lipinski definition) is 4. The van der Waals surface area contributed by atoms with E-state index >= 15 is 0 Å². The molecule has 0 radical (unpaired) electrons. The Labute approximate surface area is 192 Å². The van der Waals surface area contributed by atoms with Crippen molar-refractivity contribution < 1.29 is 0 Å². The molecule has 0 spiro atoms. The summed E-state index contributed by atoms with van der Waals surface area (Å²) < 4.78 is 0. The van der Waals surface area contributed by atoms with Gasteiger partial charge in [-0.1, -0.05) is 47.9 Å². The molecular weight excluding hydrogens is 404 g/mol. The van der Waals surface area contributed by atoms with E-state index in [9.17, 15) is 0 Å². The Bertz CT molecular complexity index is 1590. The second-order valence-corrected chi connectivity index (χ2v) is 8.20.